The van der Waals surface area contributed by atoms with Crippen LogP contribution in [0.4, 0.5) is 0 Å². The Labute approximate surface area is 149 Å². The number of imidazole rings is 1. The molecule has 0 unspecified atom stereocenters. The van der Waals surface area contributed by atoms with Gasteiger partial charge in [-0.3, -0.25) is 4.79 Å². The molecule has 0 bridgehead atoms. The Bertz CT molecular complexity index is 935. The zero-order valence-electron chi connectivity index (χ0n) is 14.1. The molecule has 1 amide bonds. The van der Waals surface area contributed by atoms with Crippen LogP contribution in [0.1, 0.15) is 28.5 Å². The molecule has 2 aliphatic heterocycles. The van der Waals surface area contributed by atoms with Crippen molar-refractivity contribution in [3.05, 3.63) is 54.1 Å². The van der Waals surface area contributed by atoms with Crippen molar-refractivity contribution in [3.63, 3.8) is 0 Å². The number of ether oxygens (including phenoxy) is 1. The maximum absolute atomic E-state index is 13.0. The highest BCUT2D eigenvalue weighted by Gasteiger charge is 2.37. The molecular weight excluding hydrogens is 332 g/mol. The van der Waals surface area contributed by atoms with Crippen molar-refractivity contribution in [2.75, 3.05) is 13.1 Å². The number of aromatic amines is 1. The van der Waals surface area contributed by atoms with Gasteiger partial charge in [0.2, 0.25) is 0 Å². The molecule has 1 fully saturated rings. The second kappa shape index (κ2) is 6.06. The highest BCUT2D eigenvalue weighted by atomic mass is 16.5. The van der Waals surface area contributed by atoms with E-state index in [0.717, 1.165) is 23.5 Å². The zero-order valence-corrected chi connectivity index (χ0v) is 14.1. The molecule has 2 aromatic heterocycles. The van der Waals surface area contributed by atoms with Crippen LogP contribution in [0.2, 0.25) is 0 Å². The minimum Gasteiger partial charge on any atom is -0.368 e. The summed E-state index contributed by atoms with van der Waals surface area (Å²) in [6, 6.07) is 7.71. The highest BCUT2D eigenvalue weighted by Crippen LogP contribution is 2.31. The van der Waals surface area contributed by atoms with Gasteiger partial charge in [-0.15, -0.1) is 5.10 Å². The molecule has 0 aliphatic carbocycles. The van der Waals surface area contributed by atoms with Crippen LogP contribution in [0.15, 0.2) is 42.9 Å². The lowest BCUT2D eigenvalue weighted by Gasteiger charge is -2.41. The topological polar surface area (TPSA) is 88.9 Å². The molecule has 4 heterocycles. The molecule has 5 rings (SSSR count). The van der Waals surface area contributed by atoms with E-state index >= 15 is 0 Å². The van der Waals surface area contributed by atoms with E-state index in [1.54, 1.807) is 18.6 Å². The van der Waals surface area contributed by atoms with Crippen LogP contribution in [0.3, 0.4) is 0 Å². The first-order valence-electron chi connectivity index (χ1n) is 8.69. The first-order valence-corrected chi connectivity index (χ1v) is 8.69. The second-order valence-electron chi connectivity index (χ2n) is 6.65. The van der Waals surface area contributed by atoms with Crippen LogP contribution in [-0.2, 0) is 11.3 Å². The number of carbonyl (C=O) groups is 1. The van der Waals surface area contributed by atoms with Gasteiger partial charge in [0, 0.05) is 36.6 Å². The van der Waals surface area contributed by atoms with E-state index in [1.807, 2.05) is 33.8 Å². The number of amides is 1. The van der Waals surface area contributed by atoms with Crippen LogP contribution in [-0.4, -0.2) is 55.0 Å². The van der Waals surface area contributed by atoms with Gasteiger partial charge in [-0.2, -0.15) is 0 Å². The molecule has 2 aliphatic rings. The van der Waals surface area contributed by atoms with E-state index < -0.39 is 0 Å². The molecule has 0 spiro atoms. The summed E-state index contributed by atoms with van der Waals surface area (Å²) in [5, 5.41) is 8.16. The Morgan fingerprint density at radius 2 is 2.31 bits per heavy atom. The number of nitrogens with zero attached hydrogens (tertiary/aromatic N) is 5. The Morgan fingerprint density at radius 1 is 1.35 bits per heavy atom. The van der Waals surface area contributed by atoms with E-state index in [2.05, 4.69) is 20.3 Å². The summed E-state index contributed by atoms with van der Waals surface area (Å²) in [6.07, 6.45) is 5.98. The van der Waals surface area contributed by atoms with Crippen LogP contribution >= 0.6 is 0 Å². The summed E-state index contributed by atoms with van der Waals surface area (Å²) in [5.74, 6) is 0.775. The lowest BCUT2D eigenvalue weighted by molar-refractivity contribution is -0.0627. The number of aromatic nitrogens is 5. The number of hydrogen-bond donors (Lipinski definition) is 1. The number of piperidine rings is 1. The van der Waals surface area contributed by atoms with Crippen molar-refractivity contribution in [2.45, 2.75) is 25.2 Å². The smallest absolute Gasteiger partial charge is 0.253 e. The van der Waals surface area contributed by atoms with Crippen LogP contribution in [0.5, 0.6) is 0 Å². The average molecular weight is 350 g/mol. The summed E-state index contributed by atoms with van der Waals surface area (Å²) < 4.78 is 7.91. The van der Waals surface area contributed by atoms with E-state index in [1.165, 1.54) is 0 Å². The average Bonchev–Trinajstić information content (AvgIpc) is 3.38. The fraction of sp³-hybridized carbons (Fsp3) is 0.333. The monoisotopic (exact) mass is 350 g/mol. The Hall–Kier alpha value is -3.00. The molecule has 0 saturated carbocycles. The summed E-state index contributed by atoms with van der Waals surface area (Å²) in [6.45, 7) is 1.73. The standard InChI is InChI=1S/C18H18N6O2/c25-18(13-3-1-2-12(8-13)17-19-5-6-20-17)23-7-4-15-16(10-23)26-11-14-9-21-22-24(14)15/h1-3,5-6,8-9,15-16H,4,7,10-11H2,(H,19,20)/t15-,16-/m0/s1. The lowest BCUT2D eigenvalue weighted by atomic mass is 9.99. The molecular formula is C18H18N6O2. The van der Waals surface area contributed by atoms with Crippen LogP contribution in [0, 0.1) is 0 Å². The van der Waals surface area contributed by atoms with Crippen molar-refractivity contribution in [1.82, 2.24) is 29.9 Å². The van der Waals surface area contributed by atoms with Gasteiger partial charge in [0.1, 0.15) is 5.82 Å². The molecule has 1 saturated heterocycles. The number of nitrogens with one attached hydrogen (secondary N) is 1. The lowest BCUT2D eigenvalue weighted by Crippen LogP contribution is -2.50. The van der Waals surface area contributed by atoms with Crippen molar-refractivity contribution in [2.24, 2.45) is 0 Å². The number of likely N-dealkylation sites (tertiary alicyclic amines) is 1. The summed E-state index contributed by atoms with van der Waals surface area (Å²) >= 11 is 0. The zero-order chi connectivity index (χ0) is 17.5. The van der Waals surface area contributed by atoms with Gasteiger partial charge in [0.05, 0.1) is 30.6 Å². The molecule has 2 atom stereocenters. The number of hydrogen-bond acceptors (Lipinski definition) is 5. The molecule has 26 heavy (non-hydrogen) atoms. The second-order valence-corrected chi connectivity index (χ2v) is 6.65. The fourth-order valence-corrected chi connectivity index (χ4v) is 3.78. The van der Waals surface area contributed by atoms with Crippen LogP contribution in [0.25, 0.3) is 11.4 Å². The number of rotatable bonds is 2. The maximum atomic E-state index is 13.0. The van der Waals surface area contributed by atoms with Gasteiger partial charge in [0.25, 0.3) is 5.91 Å². The minimum atomic E-state index is -0.0462. The Kier molecular flexibility index (Phi) is 3.56. The van der Waals surface area contributed by atoms with Crippen LogP contribution < -0.4 is 0 Å². The minimum absolute atomic E-state index is 0.0184. The maximum Gasteiger partial charge on any atom is 0.253 e. The number of benzene rings is 1. The number of H-pyrrole nitrogens is 1. The van der Waals surface area contributed by atoms with E-state index in [-0.39, 0.29) is 18.1 Å². The molecule has 1 N–H and O–H groups in total. The number of carbonyl (C=O) groups excluding carboxylic acids is 1. The van der Waals surface area contributed by atoms with Gasteiger partial charge in [-0.25, -0.2) is 9.67 Å². The molecule has 1 aromatic carbocycles. The number of fused-ring (bicyclic) bond motifs is 3. The third-order valence-electron chi connectivity index (χ3n) is 5.10. The third-order valence-corrected chi connectivity index (χ3v) is 5.10. The fourth-order valence-electron chi connectivity index (χ4n) is 3.78. The Morgan fingerprint density at radius 3 is 3.19 bits per heavy atom. The van der Waals surface area contributed by atoms with Crippen molar-refractivity contribution in [1.29, 1.82) is 0 Å². The predicted molar refractivity (Wildman–Crippen MR) is 92.2 cm³/mol. The molecule has 3 aromatic rings. The van der Waals surface area contributed by atoms with E-state index in [9.17, 15) is 4.79 Å². The van der Waals surface area contributed by atoms with Gasteiger partial charge in [0.15, 0.2) is 0 Å². The predicted octanol–water partition coefficient (Wildman–Crippen LogP) is 1.65. The largest absolute Gasteiger partial charge is 0.368 e. The van der Waals surface area contributed by atoms with E-state index in [4.69, 9.17) is 4.74 Å². The van der Waals surface area contributed by atoms with Crippen molar-refractivity contribution < 1.29 is 9.53 Å². The molecule has 132 valence electrons. The summed E-state index contributed by atoms with van der Waals surface area (Å²) in [7, 11) is 0. The first kappa shape index (κ1) is 15.3. The summed E-state index contributed by atoms with van der Waals surface area (Å²) in [5.41, 5.74) is 2.56. The van der Waals surface area contributed by atoms with Crippen molar-refractivity contribution >= 4 is 5.91 Å². The van der Waals surface area contributed by atoms with Gasteiger partial charge in [-0.05, 0) is 18.6 Å². The molecule has 0 radical (unpaired) electrons. The van der Waals surface area contributed by atoms with Gasteiger partial charge >= 0.3 is 0 Å². The quantitative estimate of drug-likeness (QED) is 0.759. The first-order chi connectivity index (χ1) is 12.8. The van der Waals surface area contributed by atoms with E-state index in [0.29, 0.717) is 25.3 Å². The highest BCUT2D eigenvalue weighted by molar-refractivity contribution is 5.95. The third kappa shape index (κ3) is 2.50. The van der Waals surface area contributed by atoms with Gasteiger partial charge in [-0.1, -0.05) is 17.3 Å². The summed E-state index contributed by atoms with van der Waals surface area (Å²) in [4.78, 5) is 22.2. The van der Waals surface area contributed by atoms with Gasteiger partial charge < -0.3 is 14.6 Å². The van der Waals surface area contributed by atoms with Crippen molar-refractivity contribution in [3.8, 4) is 11.4 Å². The Balaban J connectivity index is 1.35. The molecule has 8 nitrogen and oxygen atoms in total. The SMILES string of the molecule is O=C(c1cccc(-c2ncc[nH]2)c1)N1CC[C@H]2[C@H](C1)OCc1cnnn12. The normalized spacial score (nSPS) is 21.9. The molecule has 8 heteroatoms.